The zero-order chi connectivity index (χ0) is 16.1. The number of hydrogen-bond acceptors (Lipinski definition) is 5. The van der Waals surface area contributed by atoms with Crippen LogP contribution in [0.25, 0.3) is 0 Å². The maximum atomic E-state index is 12.9. The minimum absolute atomic E-state index is 0.0719. The molecule has 0 aromatic heterocycles. The molecule has 22 heavy (non-hydrogen) atoms. The molecule has 4 atom stereocenters. The summed E-state index contributed by atoms with van der Waals surface area (Å²) in [6, 6.07) is 0. The van der Waals surface area contributed by atoms with Crippen LogP contribution in [-0.4, -0.2) is 38.4 Å². The molecule has 0 aromatic rings. The third-order valence-corrected chi connectivity index (χ3v) is 5.66. The van der Waals surface area contributed by atoms with Crippen LogP contribution in [0, 0.1) is 17.3 Å². The van der Waals surface area contributed by atoms with Gasteiger partial charge in [0.05, 0.1) is 13.7 Å². The molecule has 1 aliphatic heterocycles. The first-order valence-corrected chi connectivity index (χ1v) is 7.60. The standard InChI is InChI=1S/C17H22O5/c1-10-5-6-13-14(18)11(2)9-16(21-4)17(13,15(19)20-3)12(10)7-8-22-16/h5,12-13H,2,6-9H2,1,3-4H3/t12-,13-,16-,17-/m1/s1. The molecule has 2 fully saturated rings. The van der Waals surface area contributed by atoms with Gasteiger partial charge >= 0.3 is 5.97 Å². The lowest BCUT2D eigenvalue weighted by atomic mass is 9.49. The summed E-state index contributed by atoms with van der Waals surface area (Å²) < 4.78 is 16.9. The number of rotatable bonds is 2. The smallest absolute Gasteiger partial charge is 0.318 e. The quantitative estimate of drug-likeness (QED) is 0.444. The summed E-state index contributed by atoms with van der Waals surface area (Å²) in [5, 5.41) is 0. The van der Waals surface area contributed by atoms with Crippen LogP contribution in [0.3, 0.4) is 0 Å². The molecule has 0 spiro atoms. The Morgan fingerprint density at radius 2 is 2.14 bits per heavy atom. The van der Waals surface area contributed by atoms with E-state index in [9.17, 15) is 9.59 Å². The highest BCUT2D eigenvalue weighted by Gasteiger charge is 2.73. The first-order valence-electron chi connectivity index (χ1n) is 7.60. The largest absolute Gasteiger partial charge is 0.468 e. The number of Topliss-reactive ketones (excluding diaryl/α,β-unsaturated/α-hetero) is 1. The first-order chi connectivity index (χ1) is 10.4. The minimum atomic E-state index is -1.17. The lowest BCUT2D eigenvalue weighted by Crippen LogP contribution is -2.71. The van der Waals surface area contributed by atoms with E-state index in [2.05, 4.69) is 12.7 Å². The van der Waals surface area contributed by atoms with Gasteiger partial charge in [-0.25, -0.2) is 0 Å². The van der Waals surface area contributed by atoms with Gasteiger partial charge in [0.25, 0.3) is 0 Å². The average Bonchev–Trinajstić information content (AvgIpc) is 2.53. The molecular formula is C17H22O5. The molecule has 0 aromatic carbocycles. The SMILES string of the molecule is C=C1C[C@@]2(OC)OCC[C@@H]3C(C)=CC[C@H](C1=O)[C@@]32C(=O)OC. The number of hydrogen-bond donors (Lipinski definition) is 0. The highest BCUT2D eigenvalue weighted by Crippen LogP contribution is 2.62. The molecule has 0 unspecified atom stereocenters. The Morgan fingerprint density at radius 3 is 2.77 bits per heavy atom. The van der Waals surface area contributed by atoms with E-state index < -0.39 is 23.1 Å². The van der Waals surface area contributed by atoms with Crippen LogP contribution in [-0.2, 0) is 23.8 Å². The number of carbonyl (C=O) groups is 2. The highest BCUT2D eigenvalue weighted by atomic mass is 16.7. The van der Waals surface area contributed by atoms with Gasteiger partial charge in [-0.2, -0.15) is 0 Å². The summed E-state index contributed by atoms with van der Waals surface area (Å²) in [4.78, 5) is 25.6. The lowest BCUT2D eigenvalue weighted by Gasteiger charge is -2.60. The second-order valence-corrected chi connectivity index (χ2v) is 6.39. The molecule has 0 amide bonds. The van der Waals surface area contributed by atoms with E-state index in [1.807, 2.05) is 6.92 Å². The van der Waals surface area contributed by atoms with Crippen LogP contribution >= 0.6 is 0 Å². The number of ether oxygens (including phenoxy) is 3. The maximum Gasteiger partial charge on any atom is 0.318 e. The van der Waals surface area contributed by atoms with Gasteiger partial charge in [0.1, 0.15) is 5.41 Å². The van der Waals surface area contributed by atoms with Crippen molar-refractivity contribution in [2.75, 3.05) is 20.8 Å². The van der Waals surface area contributed by atoms with Gasteiger partial charge in [-0.1, -0.05) is 18.2 Å². The van der Waals surface area contributed by atoms with Crippen molar-refractivity contribution >= 4 is 11.8 Å². The van der Waals surface area contributed by atoms with Crippen molar-refractivity contribution in [3.8, 4) is 0 Å². The Bertz CT molecular complexity index is 578. The molecule has 0 N–H and O–H groups in total. The van der Waals surface area contributed by atoms with Crippen LogP contribution in [0.1, 0.15) is 26.2 Å². The predicted molar refractivity (Wildman–Crippen MR) is 78.9 cm³/mol. The van der Waals surface area contributed by atoms with E-state index in [0.29, 0.717) is 25.0 Å². The summed E-state index contributed by atoms with van der Waals surface area (Å²) >= 11 is 0. The molecular weight excluding hydrogens is 284 g/mol. The summed E-state index contributed by atoms with van der Waals surface area (Å²) in [6.07, 6.45) is 3.43. The van der Waals surface area contributed by atoms with Gasteiger partial charge < -0.3 is 14.2 Å². The third kappa shape index (κ3) is 1.61. The van der Waals surface area contributed by atoms with Crippen molar-refractivity contribution in [2.45, 2.75) is 32.0 Å². The third-order valence-electron chi connectivity index (χ3n) is 5.66. The number of ketones is 1. The number of carbonyl (C=O) groups excluding carboxylic acids is 2. The van der Waals surface area contributed by atoms with Crippen LogP contribution in [0.15, 0.2) is 23.8 Å². The normalized spacial score (nSPS) is 40.8. The van der Waals surface area contributed by atoms with Crippen molar-refractivity contribution in [1.29, 1.82) is 0 Å². The van der Waals surface area contributed by atoms with Crippen molar-refractivity contribution in [2.24, 2.45) is 17.3 Å². The molecule has 2 aliphatic carbocycles. The number of methoxy groups -OCH3 is 2. The lowest BCUT2D eigenvalue weighted by molar-refractivity contribution is -0.331. The van der Waals surface area contributed by atoms with Crippen molar-refractivity contribution in [1.82, 2.24) is 0 Å². The minimum Gasteiger partial charge on any atom is -0.468 e. The van der Waals surface area contributed by atoms with Gasteiger partial charge in [0, 0.05) is 25.4 Å². The average molecular weight is 306 g/mol. The van der Waals surface area contributed by atoms with Crippen molar-refractivity contribution < 1.29 is 23.8 Å². The first kappa shape index (κ1) is 15.4. The fourth-order valence-corrected chi connectivity index (χ4v) is 4.72. The van der Waals surface area contributed by atoms with Gasteiger partial charge in [0.2, 0.25) is 0 Å². The Hall–Kier alpha value is -1.46. The van der Waals surface area contributed by atoms with Gasteiger partial charge in [0.15, 0.2) is 11.6 Å². The second-order valence-electron chi connectivity index (χ2n) is 6.39. The molecule has 1 saturated heterocycles. The highest BCUT2D eigenvalue weighted by molar-refractivity contribution is 6.03. The Morgan fingerprint density at radius 1 is 1.41 bits per heavy atom. The topological polar surface area (TPSA) is 61.8 Å². The van der Waals surface area contributed by atoms with E-state index in [4.69, 9.17) is 14.2 Å². The van der Waals surface area contributed by atoms with E-state index >= 15 is 0 Å². The van der Waals surface area contributed by atoms with Crippen LogP contribution in [0.5, 0.6) is 0 Å². The molecule has 1 heterocycles. The molecule has 120 valence electrons. The predicted octanol–water partition coefficient (Wildman–Crippen LogP) is 2.02. The van der Waals surface area contributed by atoms with Crippen molar-refractivity contribution in [3.63, 3.8) is 0 Å². The monoisotopic (exact) mass is 306 g/mol. The summed E-state index contributed by atoms with van der Waals surface area (Å²) in [6.45, 7) is 6.37. The molecule has 3 rings (SSSR count). The van der Waals surface area contributed by atoms with Crippen LogP contribution in [0.2, 0.25) is 0 Å². The number of allylic oxidation sites excluding steroid dienone is 2. The Balaban J connectivity index is 2.30. The molecule has 3 aliphatic rings. The van der Waals surface area contributed by atoms with E-state index in [0.717, 1.165) is 5.57 Å². The Labute approximate surface area is 130 Å². The van der Waals surface area contributed by atoms with Gasteiger partial charge in [-0.15, -0.1) is 0 Å². The Kier molecular flexibility index (Phi) is 3.53. The second kappa shape index (κ2) is 5.03. The maximum absolute atomic E-state index is 12.9. The molecule has 1 saturated carbocycles. The van der Waals surface area contributed by atoms with Crippen LogP contribution in [0.4, 0.5) is 0 Å². The summed E-state index contributed by atoms with van der Waals surface area (Å²) in [7, 11) is 2.88. The van der Waals surface area contributed by atoms with E-state index in [1.54, 1.807) is 0 Å². The van der Waals surface area contributed by atoms with E-state index in [-0.39, 0.29) is 18.1 Å². The molecule has 5 nitrogen and oxygen atoms in total. The number of esters is 1. The molecule has 0 bridgehead atoms. The zero-order valence-corrected chi connectivity index (χ0v) is 13.3. The molecule has 5 heteroatoms. The fourth-order valence-electron chi connectivity index (χ4n) is 4.72. The summed E-state index contributed by atoms with van der Waals surface area (Å²) in [5.74, 6) is -2.30. The zero-order valence-electron chi connectivity index (χ0n) is 13.3. The summed E-state index contributed by atoms with van der Waals surface area (Å²) in [5.41, 5.74) is 0.443. The van der Waals surface area contributed by atoms with Crippen molar-refractivity contribution in [3.05, 3.63) is 23.8 Å². The molecule has 0 radical (unpaired) electrons. The fraction of sp³-hybridized carbons (Fsp3) is 0.647. The van der Waals surface area contributed by atoms with Gasteiger partial charge in [-0.05, 0) is 25.3 Å². The van der Waals surface area contributed by atoms with E-state index in [1.165, 1.54) is 14.2 Å². The van der Waals surface area contributed by atoms with Crippen LogP contribution < -0.4 is 0 Å². The van der Waals surface area contributed by atoms with Gasteiger partial charge in [-0.3, -0.25) is 9.59 Å².